The van der Waals surface area contributed by atoms with Crippen LogP contribution in [0.4, 0.5) is 0 Å². The van der Waals surface area contributed by atoms with Crippen LogP contribution >= 0.6 is 0 Å². The Morgan fingerprint density at radius 1 is 0.875 bits per heavy atom. The summed E-state index contributed by atoms with van der Waals surface area (Å²) in [6.07, 6.45) is -6.16. The minimum absolute atomic E-state index is 0.197. The first kappa shape index (κ1) is 39.6. The number of hydrogen-bond acceptors (Lipinski definition) is 10. The van der Waals surface area contributed by atoms with Crippen LogP contribution in [-0.4, -0.2) is 81.7 Å². The van der Waals surface area contributed by atoms with E-state index in [2.05, 4.69) is 5.32 Å². The van der Waals surface area contributed by atoms with Crippen LogP contribution in [0, 0.1) is 28.1 Å². The van der Waals surface area contributed by atoms with Gasteiger partial charge in [-0.1, -0.05) is 94.4 Å². The molecule has 0 aromatic heterocycles. The number of aliphatic hydroxyl groups excluding tert-OH is 2. The normalized spacial score (nSPS) is 34.3. The summed E-state index contributed by atoms with van der Waals surface area (Å²) in [4.78, 5) is 56.7. The second kappa shape index (κ2) is 14.4. The Morgan fingerprint density at radius 3 is 2.02 bits per heavy atom. The lowest BCUT2D eigenvalue weighted by Crippen LogP contribution is -2.77. The minimum atomic E-state index is -1.98. The van der Waals surface area contributed by atoms with Crippen LogP contribution in [0.3, 0.4) is 0 Å². The van der Waals surface area contributed by atoms with Gasteiger partial charge in [-0.3, -0.25) is 9.59 Å². The molecule has 3 aromatic rings. The van der Waals surface area contributed by atoms with Crippen LogP contribution in [0.1, 0.15) is 86.7 Å². The summed E-state index contributed by atoms with van der Waals surface area (Å²) in [6, 6.07) is 24.1. The SMILES string of the molecule is CC1=C2[C@@H](C)C(=O)[C@@]3(C)C([C@H](OC(=O)c4ccccc4)[C@](O)(C[C@@H]1OC(=O)[C@H](O)[C@@H](NC(=O)c1ccccc1)c1ccccc1)C2(C)C)[C@]1(C)CO[C@@H]1C[C@@H]3O. The van der Waals surface area contributed by atoms with Gasteiger partial charge < -0.3 is 34.8 Å². The maximum Gasteiger partial charge on any atom is 0.338 e. The topological polar surface area (TPSA) is 169 Å². The van der Waals surface area contributed by atoms with Gasteiger partial charge >= 0.3 is 11.9 Å². The number of hydrogen-bond donors (Lipinski definition) is 4. The molecule has 0 spiro atoms. The molecule has 3 aliphatic carbocycles. The standard InChI is InChI=1S/C45H51NO10/c1-25-30(55-41(52)35(48)34(27-16-10-7-11-17-27)46-39(50)28-18-12-8-13-19-28)23-45(53)38(56-40(51)29-20-14-9-15-21-29)36-43(5)24-54-32(43)22-31(47)44(36,6)37(49)26(2)33(25)42(45,3)4/h7-21,26,30-32,34-36,38,47-48,53H,22-24H2,1-6H3,(H,46,50)/t26-,30+,31+,32-,34+,35-,36?,38+,43-,44-,45-/m1/s1. The lowest BCUT2D eigenvalue weighted by Gasteiger charge is -2.68. The summed E-state index contributed by atoms with van der Waals surface area (Å²) < 4.78 is 18.6. The zero-order valence-electron chi connectivity index (χ0n) is 32.6. The maximum absolute atomic E-state index is 15.1. The summed E-state index contributed by atoms with van der Waals surface area (Å²) in [5, 5.41) is 39.8. The summed E-state index contributed by atoms with van der Waals surface area (Å²) >= 11 is 0. The van der Waals surface area contributed by atoms with Crippen molar-refractivity contribution in [1.82, 2.24) is 5.32 Å². The highest BCUT2D eigenvalue weighted by molar-refractivity contribution is 5.95. The highest BCUT2D eigenvalue weighted by atomic mass is 16.6. The number of esters is 2. The molecule has 1 heterocycles. The van der Waals surface area contributed by atoms with Crippen LogP contribution in [0.5, 0.6) is 0 Å². The van der Waals surface area contributed by atoms with E-state index in [9.17, 15) is 29.7 Å². The van der Waals surface area contributed by atoms with Crippen molar-refractivity contribution in [2.45, 2.75) is 96.5 Å². The van der Waals surface area contributed by atoms with Crippen molar-refractivity contribution < 1.29 is 48.7 Å². The van der Waals surface area contributed by atoms with Gasteiger partial charge in [0, 0.05) is 41.1 Å². The summed E-state index contributed by atoms with van der Waals surface area (Å²) in [7, 11) is 0. The molecule has 7 rings (SSSR count). The first-order valence-electron chi connectivity index (χ1n) is 19.3. The van der Waals surface area contributed by atoms with E-state index in [4.69, 9.17) is 14.2 Å². The molecule has 1 saturated heterocycles. The number of rotatable bonds is 8. The Balaban J connectivity index is 1.31. The van der Waals surface area contributed by atoms with Crippen LogP contribution in [0.15, 0.2) is 102 Å². The quantitative estimate of drug-likeness (QED) is 0.178. The smallest absolute Gasteiger partial charge is 0.338 e. The van der Waals surface area contributed by atoms with Crippen LogP contribution in [0.25, 0.3) is 0 Å². The van der Waals surface area contributed by atoms with Crippen molar-refractivity contribution >= 4 is 23.6 Å². The largest absolute Gasteiger partial charge is 0.456 e. The number of carbonyl (C=O) groups excluding carboxylic acids is 4. The van der Waals surface area contributed by atoms with Crippen molar-refractivity contribution in [3.63, 3.8) is 0 Å². The van der Waals surface area contributed by atoms with Gasteiger partial charge in [-0.25, -0.2) is 9.59 Å². The van der Waals surface area contributed by atoms with E-state index in [0.717, 1.165) is 0 Å². The zero-order valence-corrected chi connectivity index (χ0v) is 32.6. The van der Waals surface area contributed by atoms with E-state index >= 15 is 4.79 Å². The third kappa shape index (κ3) is 6.11. The summed E-state index contributed by atoms with van der Waals surface area (Å²) in [6.45, 7) is 10.9. The fourth-order valence-electron chi connectivity index (χ4n) is 10.4. The van der Waals surface area contributed by atoms with E-state index in [1.54, 1.807) is 126 Å². The van der Waals surface area contributed by atoms with Crippen LogP contribution < -0.4 is 5.32 Å². The van der Waals surface area contributed by atoms with Crippen LogP contribution in [0.2, 0.25) is 0 Å². The van der Waals surface area contributed by atoms with Crippen molar-refractivity contribution in [2.24, 2.45) is 28.1 Å². The molecule has 11 nitrogen and oxygen atoms in total. The van der Waals surface area contributed by atoms with E-state index in [-0.39, 0.29) is 30.8 Å². The number of amides is 1. The first-order valence-corrected chi connectivity index (χ1v) is 19.3. The highest BCUT2D eigenvalue weighted by Crippen LogP contribution is 2.66. The van der Waals surface area contributed by atoms with Gasteiger partial charge in [-0.05, 0) is 54.8 Å². The number of aliphatic hydroxyl groups is 3. The van der Waals surface area contributed by atoms with Crippen molar-refractivity contribution in [2.75, 3.05) is 6.61 Å². The lowest BCUT2D eigenvalue weighted by molar-refractivity contribution is -0.312. The zero-order chi connectivity index (χ0) is 40.4. The fourth-order valence-corrected chi connectivity index (χ4v) is 10.4. The van der Waals surface area contributed by atoms with E-state index < -0.39 is 88.1 Å². The van der Waals surface area contributed by atoms with Gasteiger partial charge in [-0.2, -0.15) is 0 Å². The molecule has 296 valence electrons. The molecule has 0 radical (unpaired) electrons. The highest BCUT2D eigenvalue weighted by Gasteiger charge is 2.74. The molecule has 4 aliphatic rings. The van der Waals surface area contributed by atoms with Crippen molar-refractivity contribution in [1.29, 1.82) is 0 Å². The van der Waals surface area contributed by atoms with Gasteiger partial charge in [-0.15, -0.1) is 0 Å². The van der Waals surface area contributed by atoms with Gasteiger partial charge in [0.05, 0.1) is 35.8 Å². The molecule has 4 N–H and O–H groups in total. The molecule has 2 bridgehead atoms. The number of fused-ring (bicyclic) bond motifs is 5. The lowest BCUT2D eigenvalue weighted by atomic mass is 9.41. The Hall–Kier alpha value is -4.68. The first-order chi connectivity index (χ1) is 26.5. The molecule has 1 amide bonds. The number of ketones is 1. The fraction of sp³-hybridized carbons (Fsp3) is 0.467. The molecular weight excluding hydrogens is 714 g/mol. The molecule has 11 atom stereocenters. The van der Waals surface area contributed by atoms with Gasteiger partial charge in [0.25, 0.3) is 5.91 Å². The third-order valence-corrected chi connectivity index (χ3v) is 13.6. The number of carbonyl (C=O) groups is 4. The minimum Gasteiger partial charge on any atom is -0.456 e. The third-order valence-electron chi connectivity index (χ3n) is 13.6. The number of ether oxygens (including phenoxy) is 3. The molecule has 3 aromatic carbocycles. The Morgan fingerprint density at radius 2 is 1.45 bits per heavy atom. The van der Waals surface area contributed by atoms with Crippen molar-refractivity contribution in [3.05, 3.63) is 119 Å². The van der Waals surface area contributed by atoms with E-state index in [1.807, 2.05) is 6.92 Å². The molecule has 11 heteroatoms. The van der Waals surface area contributed by atoms with Gasteiger partial charge in [0.1, 0.15) is 23.6 Å². The average molecular weight is 766 g/mol. The summed E-state index contributed by atoms with van der Waals surface area (Å²) in [5.41, 5.74) is -3.45. The Bertz CT molecular complexity index is 2030. The van der Waals surface area contributed by atoms with Crippen molar-refractivity contribution in [3.8, 4) is 0 Å². The molecule has 2 saturated carbocycles. The predicted octanol–water partition coefficient (Wildman–Crippen LogP) is 5.14. The number of Topliss-reactive ketones (excluding diaryl/α,β-unsaturated/α-hetero) is 1. The Labute approximate surface area is 327 Å². The van der Waals surface area contributed by atoms with E-state index in [0.29, 0.717) is 22.3 Å². The van der Waals surface area contributed by atoms with Gasteiger partial charge in [0.2, 0.25) is 0 Å². The molecular formula is C45H51NO10. The molecule has 1 aliphatic heterocycles. The number of benzene rings is 3. The van der Waals surface area contributed by atoms with Crippen LogP contribution in [-0.2, 0) is 23.8 Å². The number of nitrogens with one attached hydrogen (secondary N) is 1. The Kier molecular flexibility index (Phi) is 10.1. The molecule has 56 heavy (non-hydrogen) atoms. The second-order valence-corrected chi connectivity index (χ2v) is 17.0. The monoisotopic (exact) mass is 765 g/mol. The van der Waals surface area contributed by atoms with Gasteiger partial charge in [0.15, 0.2) is 6.10 Å². The average Bonchev–Trinajstić information content (AvgIpc) is 3.19. The second-order valence-electron chi connectivity index (χ2n) is 17.0. The predicted molar refractivity (Wildman–Crippen MR) is 205 cm³/mol. The molecule has 3 fully saturated rings. The maximum atomic E-state index is 15.1. The molecule has 1 unspecified atom stereocenters. The van der Waals surface area contributed by atoms with E-state index in [1.165, 1.54) is 0 Å². The summed E-state index contributed by atoms with van der Waals surface area (Å²) in [5.74, 6) is -4.36.